The Morgan fingerprint density at radius 3 is 2.28 bits per heavy atom. The summed E-state index contributed by atoms with van der Waals surface area (Å²) in [6.07, 6.45) is 0. The first-order valence-electron chi connectivity index (χ1n) is 8.11. The maximum Gasteiger partial charge on any atom is 0.0725 e. The molecule has 120 valence electrons. The highest BCUT2D eigenvalue weighted by molar-refractivity contribution is 9.10. The van der Waals surface area contributed by atoms with Crippen molar-refractivity contribution in [2.75, 3.05) is 0 Å². The largest absolute Gasteiger partial charge is 0.308 e. The van der Waals surface area contributed by atoms with E-state index >= 15 is 0 Å². The highest BCUT2D eigenvalue weighted by atomic mass is 79.9. The van der Waals surface area contributed by atoms with Crippen LogP contribution in [-0.2, 0) is 0 Å². The fraction of sp³-hybridized carbons (Fsp3) is 0. The highest BCUT2D eigenvalue weighted by Crippen LogP contribution is 2.39. The summed E-state index contributed by atoms with van der Waals surface area (Å²) >= 11 is 10.6. The molecule has 5 rings (SSSR count). The summed E-state index contributed by atoms with van der Waals surface area (Å²) in [5.74, 6) is 0. The van der Waals surface area contributed by atoms with Crippen molar-refractivity contribution in [2.24, 2.45) is 0 Å². The van der Waals surface area contributed by atoms with Crippen LogP contribution in [0.3, 0.4) is 0 Å². The molecule has 0 radical (unpaired) electrons. The summed E-state index contributed by atoms with van der Waals surface area (Å²) in [7, 11) is 0. The monoisotopic (exact) mass is 405 g/mol. The Morgan fingerprint density at radius 2 is 1.40 bits per heavy atom. The number of nitrogens with zero attached hydrogens (tertiary/aromatic N) is 1. The molecule has 0 bridgehead atoms. The summed E-state index contributed by atoms with van der Waals surface area (Å²) in [6, 6.07) is 27.2. The van der Waals surface area contributed by atoms with Crippen LogP contribution in [0.15, 0.2) is 83.3 Å². The van der Waals surface area contributed by atoms with Crippen molar-refractivity contribution >= 4 is 60.1 Å². The third kappa shape index (κ3) is 2.14. The van der Waals surface area contributed by atoms with Gasteiger partial charge in [-0.1, -0.05) is 82.1 Å². The molecule has 0 amide bonds. The lowest BCUT2D eigenvalue weighted by Gasteiger charge is -2.12. The van der Waals surface area contributed by atoms with Crippen molar-refractivity contribution in [1.29, 1.82) is 0 Å². The average molecular weight is 407 g/mol. The summed E-state index contributed by atoms with van der Waals surface area (Å²) in [5, 5.41) is 5.43. The van der Waals surface area contributed by atoms with Gasteiger partial charge in [-0.3, -0.25) is 0 Å². The van der Waals surface area contributed by atoms with E-state index in [1.807, 2.05) is 12.1 Å². The molecule has 1 heterocycles. The number of rotatable bonds is 1. The van der Waals surface area contributed by atoms with Gasteiger partial charge in [0.1, 0.15) is 0 Å². The fourth-order valence-corrected chi connectivity index (χ4v) is 4.52. The third-order valence-electron chi connectivity index (χ3n) is 4.73. The van der Waals surface area contributed by atoms with E-state index in [1.165, 1.54) is 10.8 Å². The summed E-state index contributed by atoms with van der Waals surface area (Å²) in [5.41, 5.74) is 3.30. The topological polar surface area (TPSA) is 4.93 Å². The normalized spacial score (nSPS) is 11.6. The van der Waals surface area contributed by atoms with Crippen molar-refractivity contribution in [3.8, 4) is 5.69 Å². The van der Waals surface area contributed by atoms with Gasteiger partial charge in [-0.25, -0.2) is 0 Å². The lowest BCUT2D eigenvalue weighted by atomic mass is 10.1. The molecule has 0 aliphatic carbocycles. The number of fused-ring (bicyclic) bond motifs is 4. The first-order chi connectivity index (χ1) is 12.3. The van der Waals surface area contributed by atoms with Gasteiger partial charge in [0, 0.05) is 20.6 Å². The van der Waals surface area contributed by atoms with E-state index in [9.17, 15) is 0 Å². The fourth-order valence-electron chi connectivity index (χ4n) is 3.63. The van der Waals surface area contributed by atoms with Gasteiger partial charge < -0.3 is 4.57 Å². The van der Waals surface area contributed by atoms with Crippen LogP contribution in [0.5, 0.6) is 0 Å². The van der Waals surface area contributed by atoms with Gasteiger partial charge in [-0.05, 0) is 29.7 Å². The number of halogens is 2. The zero-order valence-corrected chi connectivity index (χ0v) is 15.6. The van der Waals surface area contributed by atoms with Crippen LogP contribution in [0.25, 0.3) is 38.3 Å². The number of hydrogen-bond donors (Lipinski definition) is 0. The van der Waals surface area contributed by atoms with E-state index in [-0.39, 0.29) is 0 Å². The second-order valence-corrected chi connectivity index (χ2v) is 7.34. The first-order valence-corrected chi connectivity index (χ1v) is 9.28. The summed E-state index contributed by atoms with van der Waals surface area (Å²) in [4.78, 5) is 0. The van der Waals surface area contributed by atoms with Crippen LogP contribution >= 0.6 is 27.5 Å². The number of hydrogen-bond acceptors (Lipinski definition) is 0. The second kappa shape index (κ2) is 5.62. The molecule has 5 aromatic rings. The maximum atomic E-state index is 6.84. The van der Waals surface area contributed by atoms with E-state index in [0.717, 1.165) is 37.0 Å². The Labute approximate surface area is 158 Å². The van der Waals surface area contributed by atoms with E-state index in [4.69, 9.17) is 11.6 Å². The van der Waals surface area contributed by atoms with Gasteiger partial charge in [0.05, 0.1) is 21.7 Å². The van der Waals surface area contributed by atoms with Crippen molar-refractivity contribution in [2.45, 2.75) is 0 Å². The van der Waals surface area contributed by atoms with Gasteiger partial charge in [0.25, 0.3) is 0 Å². The van der Waals surface area contributed by atoms with Crippen molar-refractivity contribution in [3.05, 3.63) is 88.4 Å². The minimum atomic E-state index is 0.778. The highest BCUT2D eigenvalue weighted by Gasteiger charge is 2.16. The van der Waals surface area contributed by atoms with Crippen LogP contribution in [0.4, 0.5) is 0 Å². The van der Waals surface area contributed by atoms with Gasteiger partial charge in [-0.15, -0.1) is 0 Å². The smallest absolute Gasteiger partial charge is 0.0725 e. The molecule has 0 N–H and O–H groups in total. The van der Waals surface area contributed by atoms with E-state index in [1.54, 1.807) is 0 Å². The van der Waals surface area contributed by atoms with Crippen molar-refractivity contribution in [1.82, 2.24) is 4.57 Å². The molecule has 1 nitrogen and oxygen atoms in total. The zero-order chi connectivity index (χ0) is 17.0. The number of aromatic nitrogens is 1. The van der Waals surface area contributed by atoms with E-state index in [0.29, 0.717) is 0 Å². The van der Waals surface area contributed by atoms with Crippen molar-refractivity contribution in [3.63, 3.8) is 0 Å². The Bertz CT molecular complexity index is 1270. The van der Waals surface area contributed by atoms with E-state index in [2.05, 4.69) is 87.2 Å². The number of para-hydroxylation sites is 1. The Kier molecular flexibility index (Phi) is 3.37. The quantitative estimate of drug-likeness (QED) is 0.274. The Hall–Kier alpha value is -2.29. The molecule has 0 saturated heterocycles. The van der Waals surface area contributed by atoms with Crippen LogP contribution in [0.2, 0.25) is 5.02 Å². The molecule has 0 aliphatic heterocycles. The molecule has 0 aliphatic rings. The van der Waals surface area contributed by atoms with E-state index < -0.39 is 0 Å². The molecule has 4 aromatic carbocycles. The third-order valence-corrected chi connectivity index (χ3v) is 5.79. The molecule has 0 spiro atoms. The van der Waals surface area contributed by atoms with Gasteiger partial charge in [-0.2, -0.15) is 0 Å². The van der Waals surface area contributed by atoms with Crippen LogP contribution in [0, 0.1) is 0 Å². The molecule has 3 heteroatoms. The zero-order valence-electron chi connectivity index (χ0n) is 13.2. The predicted molar refractivity (Wildman–Crippen MR) is 111 cm³/mol. The molecule has 0 saturated carbocycles. The summed E-state index contributed by atoms with van der Waals surface area (Å²) < 4.78 is 3.35. The van der Waals surface area contributed by atoms with Gasteiger partial charge in [0.2, 0.25) is 0 Å². The predicted octanol–water partition coefficient (Wildman–Crippen LogP) is 7.35. The molecular formula is C22H13BrClN. The lowest BCUT2D eigenvalue weighted by molar-refractivity contribution is 1.19. The molecule has 0 atom stereocenters. The minimum Gasteiger partial charge on any atom is -0.308 e. The SMILES string of the molecule is Clc1c(-n2c3ccccc3c3c(Br)cccc32)ccc2ccccc12. The summed E-state index contributed by atoms with van der Waals surface area (Å²) in [6.45, 7) is 0. The standard InChI is InChI=1S/C22H13BrClN/c23-17-9-5-11-19-21(17)16-8-3-4-10-18(16)25(19)20-13-12-14-6-1-2-7-15(14)22(20)24/h1-13H. The van der Waals surface area contributed by atoms with Crippen LogP contribution in [-0.4, -0.2) is 4.57 Å². The molecule has 1 aromatic heterocycles. The van der Waals surface area contributed by atoms with Crippen LogP contribution in [0.1, 0.15) is 0 Å². The first kappa shape index (κ1) is 15.0. The number of benzene rings is 4. The molecule has 0 fully saturated rings. The lowest BCUT2D eigenvalue weighted by Crippen LogP contribution is -1.95. The van der Waals surface area contributed by atoms with Crippen molar-refractivity contribution < 1.29 is 0 Å². The van der Waals surface area contributed by atoms with Crippen LogP contribution < -0.4 is 0 Å². The minimum absolute atomic E-state index is 0.778. The molecule has 0 unspecified atom stereocenters. The second-order valence-electron chi connectivity index (χ2n) is 6.11. The Morgan fingerprint density at radius 1 is 0.680 bits per heavy atom. The molecule has 25 heavy (non-hydrogen) atoms. The van der Waals surface area contributed by atoms with Gasteiger partial charge >= 0.3 is 0 Å². The average Bonchev–Trinajstić information content (AvgIpc) is 2.98. The molecular weight excluding hydrogens is 394 g/mol. The van der Waals surface area contributed by atoms with Gasteiger partial charge in [0.15, 0.2) is 0 Å². The maximum absolute atomic E-state index is 6.84. The Balaban J connectivity index is 1.99.